The van der Waals surface area contributed by atoms with Crippen LogP contribution >= 0.6 is 0 Å². The zero-order valence-corrected chi connectivity index (χ0v) is 11.1. The summed E-state index contributed by atoms with van der Waals surface area (Å²) >= 11 is 0. The number of ketones is 1. The summed E-state index contributed by atoms with van der Waals surface area (Å²) in [6, 6.07) is 7.08. The number of hydrogen-bond donors (Lipinski definition) is 2. The SMILES string of the molecule is CC(=O)c1ccccc1NC(=O)C[NH+]1CCOCC1. The quantitative estimate of drug-likeness (QED) is 0.736. The van der Waals surface area contributed by atoms with Crippen LogP contribution in [0, 0.1) is 0 Å². The van der Waals surface area contributed by atoms with Crippen LogP contribution in [-0.2, 0) is 9.53 Å². The topological polar surface area (TPSA) is 59.8 Å². The van der Waals surface area contributed by atoms with E-state index in [0.29, 0.717) is 31.0 Å². The van der Waals surface area contributed by atoms with Gasteiger partial charge >= 0.3 is 0 Å². The summed E-state index contributed by atoms with van der Waals surface area (Å²) in [7, 11) is 0. The molecular formula is C14H19N2O3+. The standard InChI is InChI=1S/C14H18N2O3/c1-11(17)12-4-2-3-5-13(12)15-14(18)10-16-6-8-19-9-7-16/h2-5H,6-10H2,1H3,(H,15,18)/p+1. The molecule has 1 aromatic rings. The number of benzene rings is 1. The molecule has 0 bridgehead atoms. The number of carbonyl (C=O) groups excluding carboxylic acids is 2. The Hall–Kier alpha value is -1.72. The predicted octanol–water partition coefficient (Wildman–Crippen LogP) is -0.257. The molecule has 0 unspecified atom stereocenters. The number of hydrogen-bond acceptors (Lipinski definition) is 3. The summed E-state index contributed by atoms with van der Waals surface area (Å²) in [5.74, 6) is -0.111. The van der Waals surface area contributed by atoms with E-state index in [1.165, 1.54) is 11.8 Å². The van der Waals surface area contributed by atoms with Crippen molar-refractivity contribution < 1.29 is 19.2 Å². The maximum Gasteiger partial charge on any atom is 0.279 e. The molecule has 0 saturated carbocycles. The summed E-state index contributed by atoms with van der Waals surface area (Å²) in [4.78, 5) is 24.6. The van der Waals surface area contributed by atoms with Crippen molar-refractivity contribution in [2.24, 2.45) is 0 Å². The van der Waals surface area contributed by atoms with Gasteiger partial charge in [0.15, 0.2) is 12.3 Å². The van der Waals surface area contributed by atoms with Gasteiger partial charge in [-0.05, 0) is 19.1 Å². The Morgan fingerprint density at radius 3 is 2.63 bits per heavy atom. The van der Waals surface area contributed by atoms with Gasteiger partial charge in [-0.15, -0.1) is 0 Å². The Labute approximate surface area is 112 Å². The van der Waals surface area contributed by atoms with Gasteiger partial charge in [0.25, 0.3) is 5.91 Å². The van der Waals surface area contributed by atoms with Crippen molar-refractivity contribution >= 4 is 17.4 Å². The molecule has 1 amide bonds. The van der Waals surface area contributed by atoms with Gasteiger partial charge in [-0.25, -0.2) is 0 Å². The Morgan fingerprint density at radius 2 is 1.95 bits per heavy atom. The molecule has 102 valence electrons. The first-order valence-electron chi connectivity index (χ1n) is 6.48. The van der Waals surface area contributed by atoms with Gasteiger partial charge in [0, 0.05) is 5.56 Å². The van der Waals surface area contributed by atoms with Gasteiger partial charge in [0.05, 0.1) is 18.9 Å². The van der Waals surface area contributed by atoms with Crippen molar-refractivity contribution in [3.8, 4) is 0 Å². The minimum Gasteiger partial charge on any atom is -0.370 e. The fourth-order valence-corrected chi connectivity index (χ4v) is 2.16. The first-order valence-corrected chi connectivity index (χ1v) is 6.48. The summed E-state index contributed by atoms with van der Waals surface area (Å²) in [5, 5.41) is 2.82. The average Bonchev–Trinajstić information content (AvgIpc) is 2.40. The molecule has 1 aromatic carbocycles. The molecule has 5 nitrogen and oxygen atoms in total. The number of quaternary nitrogens is 1. The lowest BCUT2D eigenvalue weighted by Gasteiger charge is -2.23. The number of Topliss-reactive ketones (excluding diaryl/α,β-unsaturated/α-hetero) is 1. The van der Waals surface area contributed by atoms with Crippen LogP contribution < -0.4 is 10.2 Å². The third kappa shape index (κ3) is 3.87. The molecule has 0 aromatic heterocycles. The van der Waals surface area contributed by atoms with E-state index in [9.17, 15) is 9.59 Å². The summed E-state index contributed by atoms with van der Waals surface area (Å²) in [5.41, 5.74) is 1.14. The highest BCUT2D eigenvalue weighted by atomic mass is 16.5. The van der Waals surface area contributed by atoms with Gasteiger partial charge in [-0.2, -0.15) is 0 Å². The Kier molecular flexibility index (Phi) is 4.65. The maximum absolute atomic E-state index is 12.0. The predicted molar refractivity (Wildman–Crippen MR) is 71.5 cm³/mol. The molecule has 0 aliphatic carbocycles. The number of amides is 1. The Morgan fingerprint density at radius 1 is 1.26 bits per heavy atom. The van der Waals surface area contributed by atoms with Crippen LogP contribution in [0.25, 0.3) is 0 Å². The molecule has 19 heavy (non-hydrogen) atoms. The Bertz CT molecular complexity index is 468. The molecule has 0 atom stereocenters. The van der Waals surface area contributed by atoms with E-state index in [2.05, 4.69) is 5.32 Å². The van der Waals surface area contributed by atoms with Gasteiger partial charge in [0.1, 0.15) is 13.1 Å². The van der Waals surface area contributed by atoms with Gasteiger partial charge in [-0.1, -0.05) is 12.1 Å². The molecule has 1 saturated heterocycles. The van der Waals surface area contributed by atoms with Crippen molar-refractivity contribution in [3.63, 3.8) is 0 Å². The molecule has 2 rings (SSSR count). The van der Waals surface area contributed by atoms with E-state index in [4.69, 9.17) is 4.74 Å². The number of morpholine rings is 1. The number of anilines is 1. The van der Waals surface area contributed by atoms with E-state index in [1.807, 2.05) is 6.07 Å². The number of carbonyl (C=O) groups is 2. The minimum absolute atomic E-state index is 0.0466. The zero-order valence-electron chi connectivity index (χ0n) is 11.1. The average molecular weight is 263 g/mol. The second kappa shape index (κ2) is 6.45. The summed E-state index contributed by atoms with van der Waals surface area (Å²) < 4.78 is 5.25. The van der Waals surface area contributed by atoms with E-state index in [-0.39, 0.29) is 11.7 Å². The fourth-order valence-electron chi connectivity index (χ4n) is 2.16. The highest BCUT2D eigenvalue weighted by molar-refractivity contribution is 6.03. The second-order valence-corrected chi connectivity index (χ2v) is 4.69. The molecule has 2 N–H and O–H groups in total. The lowest BCUT2D eigenvalue weighted by Crippen LogP contribution is -3.15. The fraction of sp³-hybridized carbons (Fsp3) is 0.429. The molecule has 1 aliphatic rings. The highest BCUT2D eigenvalue weighted by Crippen LogP contribution is 2.14. The second-order valence-electron chi connectivity index (χ2n) is 4.69. The van der Waals surface area contributed by atoms with E-state index >= 15 is 0 Å². The van der Waals surface area contributed by atoms with Crippen LogP contribution in [0.15, 0.2) is 24.3 Å². The molecule has 0 radical (unpaired) electrons. The largest absolute Gasteiger partial charge is 0.370 e. The normalized spacial score (nSPS) is 16.1. The first-order chi connectivity index (χ1) is 9.16. The van der Waals surface area contributed by atoms with Crippen molar-refractivity contribution in [3.05, 3.63) is 29.8 Å². The lowest BCUT2D eigenvalue weighted by molar-refractivity contribution is -0.899. The van der Waals surface area contributed by atoms with Crippen LogP contribution in [0.3, 0.4) is 0 Å². The third-order valence-electron chi connectivity index (χ3n) is 3.19. The number of nitrogens with one attached hydrogen (secondary N) is 2. The summed E-state index contributed by atoms with van der Waals surface area (Å²) in [6.07, 6.45) is 0. The molecule has 1 heterocycles. The van der Waals surface area contributed by atoms with Crippen LogP contribution in [-0.4, -0.2) is 44.5 Å². The Balaban J connectivity index is 1.96. The highest BCUT2D eigenvalue weighted by Gasteiger charge is 2.18. The van der Waals surface area contributed by atoms with Crippen molar-refractivity contribution in [2.75, 3.05) is 38.2 Å². The van der Waals surface area contributed by atoms with Gasteiger partial charge < -0.3 is 15.0 Å². The van der Waals surface area contributed by atoms with Crippen LogP contribution in [0.2, 0.25) is 0 Å². The van der Waals surface area contributed by atoms with Crippen molar-refractivity contribution in [2.45, 2.75) is 6.92 Å². The molecular weight excluding hydrogens is 244 g/mol. The molecule has 5 heteroatoms. The van der Waals surface area contributed by atoms with Crippen molar-refractivity contribution in [1.29, 1.82) is 0 Å². The monoisotopic (exact) mass is 263 g/mol. The summed E-state index contributed by atoms with van der Waals surface area (Å²) in [6.45, 7) is 5.01. The molecule has 1 fully saturated rings. The number of rotatable bonds is 4. The number of ether oxygens (including phenoxy) is 1. The zero-order chi connectivity index (χ0) is 13.7. The van der Waals surface area contributed by atoms with Crippen LogP contribution in [0.1, 0.15) is 17.3 Å². The van der Waals surface area contributed by atoms with Crippen LogP contribution in [0.4, 0.5) is 5.69 Å². The van der Waals surface area contributed by atoms with Crippen molar-refractivity contribution in [1.82, 2.24) is 0 Å². The van der Waals surface area contributed by atoms with Crippen LogP contribution in [0.5, 0.6) is 0 Å². The minimum atomic E-state index is -0.0643. The smallest absolute Gasteiger partial charge is 0.279 e. The lowest BCUT2D eigenvalue weighted by atomic mass is 10.1. The van der Waals surface area contributed by atoms with E-state index < -0.39 is 0 Å². The van der Waals surface area contributed by atoms with E-state index in [1.54, 1.807) is 18.2 Å². The van der Waals surface area contributed by atoms with E-state index in [0.717, 1.165) is 13.1 Å². The molecule has 1 aliphatic heterocycles. The van der Waals surface area contributed by atoms with Gasteiger partial charge in [-0.3, -0.25) is 9.59 Å². The van der Waals surface area contributed by atoms with Gasteiger partial charge in [0.2, 0.25) is 0 Å². The maximum atomic E-state index is 12.0. The third-order valence-corrected chi connectivity index (χ3v) is 3.19. The molecule has 0 spiro atoms. The number of para-hydroxylation sites is 1. The first kappa shape index (κ1) is 13.7.